The Morgan fingerprint density at radius 3 is 3.00 bits per heavy atom. The van der Waals surface area contributed by atoms with Crippen LogP contribution in [0.25, 0.3) is 0 Å². The lowest BCUT2D eigenvalue weighted by atomic mass is 10.1. The minimum Gasteiger partial charge on any atom is -0.492 e. The molecule has 68 valence electrons. The van der Waals surface area contributed by atoms with Gasteiger partial charge in [0.1, 0.15) is 5.75 Å². The molecule has 2 rings (SSSR count). The number of hydrogen-bond donors (Lipinski definition) is 0. The maximum absolute atomic E-state index is 10.5. The molecule has 1 aromatic rings. The van der Waals surface area contributed by atoms with Crippen molar-refractivity contribution >= 4 is 21.6 Å². The first-order chi connectivity index (χ1) is 6.18. The molecule has 1 heterocycles. The van der Waals surface area contributed by atoms with Crippen LogP contribution in [-0.4, -0.2) is 11.5 Å². The Bertz CT molecular complexity index is 378. The maximum Gasteiger partial charge on any atom is 0.271 e. The smallest absolute Gasteiger partial charge is 0.271 e. The number of hydrogen-bond acceptors (Lipinski definition) is 3. The van der Waals surface area contributed by atoms with E-state index < -0.39 is 4.92 Å². The third-order valence-corrected chi connectivity index (χ3v) is 2.52. The lowest BCUT2D eigenvalue weighted by Crippen LogP contribution is -1.89. The zero-order chi connectivity index (χ0) is 9.42. The molecule has 0 bridgehead atoms. The average molecular weight is 244 g/mol. The van der Waals surface area contributed by atoms with E-state index >= 15 is 0 Å². The van der Waals surface area contributed by atoms with Gasteiger partial charge in [-0.15, -0.1) is 0 Å². The van der Waals surface area contributed by atoms with Crippen molar-refractivity contribution in [1.82, 2.24) is 0 Å². The van der Waals surface area contributed by atoms with Crippen LogP contribution in [0.15, 0.2) is 16.6 Å². The van der Waals surface area contributed by atoms with E-state index in [1.54, 1.807) is 6.07 Å². The maximum atomic E-state index is 10.5. The number of nitro benzene ring substituents is 1. The molecule has 1 aromatic carbocycles. The number of non-ortho nitro benzene ring substituents is 1. The van der Waals surface area contributed by atoms with Gasteiger partial charge in [-0.05, 0) is 15.9 Å². The number of halogens is 1. The van der Waals surface area contributed by atoms with E-state index in [1.807, 2.05) is 0 Å². The topological polar surface area (TPSA) is 52.4 Å². The number of ether oxygens (including phenoxy) is 1. The molecule has 4 nitrogen and oxygen atoms in total. The van der Waals surface area contributed by atoms with Crippen LogP contribution < -0.4 is 4.74 Å². The van der Waals surface area contributed by atoms with Crippen molar-refractivity contribution in [3.8, 4) is 5.75 Å². The summed E-state index contributed by atoms with van der Waals surface area (Å²) in [7, 11) is 0. The molecule has 0 spiro atoms. The van der Waals surface area contributed by atoms with Crippen LogP contribution >= 0.6 is 15.9 Å². The summed E-state index contributed by atoms with van der Waals surface area (Å²) in [4.78, 5) is 10.1. The zero-order valence-corrected chi connectivity index (χ0v) is 8.20. The van der Waals surface area contributed by atoms with Gasteiger partial charge < -0.3 is 4.74 Å². The Morgan fingerprint density at radius 2 is 2.31 bits per heavy atom. The highest BCUT2D eigenvalue weighted by molar-refractivity contribution is 9.10. The number of nitrogens with zero attached hydrogens (tertiary/aromatic N) is 1. The molecule has 1 aliphatic heterocycles. The summed E-state index contributed by atoms with van der Waals surface area (Å²) in [6, 6.07) is 3.03. The third kappa shape index (κ3) is 1.39. The molecule has 0 fully saturated rings. The fourth-order valence-electron chi connectivity index (χ4n) is 1.35. The van der Waals surface area contributed by atoms with E-state index in [0.717, 1.165) is 17.7 Å². The van der Waals surface area contributed by atoms with Gasteiger partial charge in [-0.2, -0.15) is 0 Å². The molecule has 5 heteroatoms. The summed E-state index contributed by atoms with van der Waals surface area (Å²) < 4.78 is 5.96. The fraction of sp³-hybridized carbons (Fsp3) is 0.250. The zero-order valence-electron chi connectivity index (χ0n) is 6.62. The second-order valence-corrected chi connectivity index (χ2v) is 3.63. The van der Waals surface area contributed by atoms with Gasteiger partial charge in [0.25, 0.3) is 5.69 Å². The molecule has 0 aliphatic carbocycles. The highest BCUT2D eigenvalue weighted by Crippen LogP contribution is 2.36. The Morgan fingerprint density at radius 1 is 1.54 bits per heavy atom. The summed E-state index contributed by atoms with van der Waals surface area (Å²) in [6.45, 7) is 0.606. The van der Waals surface area contributed by atoms with Crippen molar-refractivity contribution in [2.24, 2.45) is 0 Å². The van der Waals surface area contributed by atoms with Crippen molar-refractivity contribution in [1.29, 1.82) is 0 Å². The summed E-state index contributed by atoms with van der Waals surface area (Å²) in [5.74, 6) is 0.741. The first-order valence-electron chi connectivity index (χ1n) is 3.78. The normalized spacial score (nSPS) is 13.6. The molecule has 0 unspecified atom stereocenters. The van der Waals surface area contributed by atoms with Gasteiger partial charge in [0.2, 0.25) is 0 Å². The first-order valence-corrected chi connectivity index (χ1v) is 4.57. The molecular weight excluding hydrogens is 238 g/mol. The van der Waals surface area contributed by atoms with Gasteiger partial charge in [-0.25, -0.2) is 0 Å². The summed E-state index contributed by atoms with van der Waals surface area (Å²) >= 11 is 3.24. The summed E-state index contributed by atoms with van der Waals surface area (Å²) in [5, 5.41) is 10.5. The Balaban J connectivity index is 2.55. The van der Waals surface area contributed by atoms with Crippen LogP contribution in [0.5, 0.6) is 5.75 Å². The lowest BCUT2D eigenvalue weighted by molar-refractivity contribution is -0.385. The molecule has 0 amide bonds. The lowest BCUT2D eigenvalue weighted by Gasteiger charge is -2.01. The number of rotatable bonds is 1. The van der Waals surface area contributed by atoms with Crippen LogP contribution in [0, 0.1) is 10.1 Å². The Kier molecular flexibility index (Phi) is 1.95. The highest BCUT2D eigenvalue weighted by atomic mass is 79.9. The summed E-state index contributed by atoms with van der Waals surface area (Å²) in [6.07, 6.45) is 0.746. The van der Waals surface area contributed by atoms with Gasteiger partial charge in [0.05, 0.1) is 16.0 Å². The van der Waals surface area contributed by atoms with Crippen molar-refractivity contribution in [3.05, 3.63) is 32.3 Å². The number of nitro groups is 1. The molecule has 13 heavy (non-hydrogen) atoms. The van der Waals surface area contributed by atoms with Crippen LogP contribution in [-0.2, 0) is 6.42 Å². The predicted molar refractivity (Wildman–Crippen MR) is 50.0 cm³/mol. The minimum atomic E-state index is -0.399. The largest absolute Gasteiger partial charge is 0.492 e. The Labute approximate surface area is 82.8 Å². The average Bonchev–Trinajstić information content (AvgIpc) is 2.51. The van der Waals surface area contributed by atoms with E-state index in [9.17, 15) is 10.1 Å². The molecule has 0 atom stereocenters. The standard InChI is InChI=1S/C8H6BrNO3/c9-7-4-6(10(11)12)3-5-1-2-13-8(5)7/h3-4H,1-2H2. The monoisotopic (exact) mass is 243 g/mol. The second-order valence-electron chi connectivity index (χ2n) is 2.77. The van der Waals surface area contributed by atoms with Crippen LogP contribution in [0.1, 0.15) is 5.56 Å². The van der Waals surface area contributed by atoms with Gasteiger partial charge in [0, 0.05) is 24.1 Å². The molecule has 0 saturated carbocycles. The number of fused-ring (bicyclic) bond motifs is 1. The minimum absolute atomic E-state index is 0.108. The van der Waals surface area contributed by atoms with Gasteiger partial charge >= 0.3 is 0 Å². The van der Waals surface area contributed by atoms with Crippen molar-refractivity contribution < 1.29 is 9.66 Å². The molecule has 0 aromatic heterocycles. The summed E-state index contributed by atoms with van der Waals surface area (Å²) in [5.41, 5.74) is 1.01. The first kappa shape index (κ1) is 8.50. The number of benzene rings is 1. The van der Waals surface area contributed by atoms with Gasteiger partial charge in [-0.3, -0.25) is 10.1 Å². The third-order valence-electron chi connectivity index (χ3n) is 1.93. The molecule has 0 saturated heterocycles. The molecule has 1 aliphatic rings. The van der Waals surface area contributed by atoms with E-state index in [-0.39, 0.29) is 5.69 Å². The fourth-order valence-corrected chi connectivity index (χ4v) is 1.95. The van der Waals surface area contributed by atoms with Crippen molar-refractivity contribution in [2.45, 2.75) is 6.42 Å². The van der Waals surface area contributed by atoms with Crippen LogP contribution in [0.2, 0.25) is 0 Å². The van der Waals surface area contributed by atoms with Gasteiger partial charge in [0.15, 0.2) is 0 Å². The molecular formula is C8H6BrNO3. The van der Waals surface area contributed by atoms with E-state index in [1.165, 1.54) is 6.07 Å². The van der Waals surface area contributed by atoms with E-state index in [0.29, 0.717) is 11.1 Å². The Hall–Kier alpha value is -1.10. The van der Waals surface area contributed by atoms with Crippen molar-refractivity contribution in [2.75, 3.05) is 6.61 Å². The quantitative estimate of drug-likeness (QED) is 0.562. The van der Waals surface area contributed by atoms with E-state index in [4.69, 9.17) is 4.74 Å². The molecule has 0 N–H and O–H groups in total. The van der Waals surface area contributed by atoms with Gasteiger partial charge in [-0.1, -0.05) is 0 Å². The molecule has 0 radical (unpaired) electrons. The predicted octanol–water partition coefficient (Wildman–Crippen LogP) is 2.29. The van der Waals surface area contributed by atoms with Crippen LogP contribution in [0.3, 0.4) is 0 Å². The van der Waals surface area contributed by atoms with E-state index in [2.05, 4.69) is 15.9 Å². The second kappa shape index (κ2) is 2.99. The van der Waals surface area contributed by atoms with Crippen LogP contribution in [0.4, 0.5) is 5.69 Å². The SMILES string of the molecule is O=[N+]([O-])c1cc(Br)c2c(c1)CCO2. The van der Waals surface area contributed by atoms with Crippen molar-refractivity contribution in [3.63, 3.8) is 0 Å². The highest BCUT2D eigenvalue weighted by Gasteiger charge is 2.20.